The van der Waals surface area contributed by atoms with Gasteiger partial charge in [-0.1, -0.05) is 41.5 Å². The van der Waals surface area contributed by atoms with Crippen molar-refractivity contribution in [2.75, 3.05) is 18.6 Å². The largest absolute Gasteiger partial charge is 0.364 e. The first-order valence-corrected chi connectivity index (χ1v) is 12.0. The van der Waals surface area contributed by atoms with Crippen LogP contribution in [-0.2, 0) is 15.6 Å². The number of nitro groups is 1. The quantitative estimate of drug-likeness (QED) is 0.281. The van der Waals surface area contributed by atoms with E-state index in [1.54, 1.807) is 12.1 Å². The van der Waals surface area contributed by atoms with Gasteiger partial charge in [0.25, 0.3) is 5.69 Å². The maximum Gasteiger partial charge on any atom is 0.279 e. The molecule has 3 rings (SSSR count). The Balaban J connectivity index is 2.21. The van der Waals surface area contributed by atoms with Crippen molar-refractivity contribution in [3.63, 3.8) is 0 Å². The summed E-state index contributed by atoms with van der Waals surface area (Å²) in [6.45, 7) is 16.5. The van der Waals surface area contributed by atoms with Gasteiger partial charge in [-0.05, 0) is 59.8 Å². The number of benzene rings is 1. The molecule has 6 nitrogen and oxygen atoms in total. The molecule has 0 saturated heterocycles. The second-order valence-electron chi connectivity index (χ2n) is 10.6. The number of hydrogen-bond acceptors (Lipinski definition) is 6. The average molecular weight is 461 g/mol. The van der Waals surface area contributed by atoms with Crippen molar-refractivity contribution in [3.05, 3.63) is 49.9 Å². The SMILES string of the molecule is COC(O)c1ccc(N(CC(C)C)c2sc3c(c2C)C(C)(C)CCC3(C)C)cc1[N+](=O)[O-]. The van der Waals surface area contributed by atoms with Crippen molar-refractivity contribution in [2.24, 2.45) is 5.92 Å². The standard InChI is InChI=1S/C25H36N2O4S/c1-15(2)14-26(17-9-10-18(23(28)31-8)19(13-17)27(29)30)22-16(3)20-21(32-22)25(6,7)12-11-24(20,4)5/h9-10,13,15,23,28H,11-12,14H2,1-8H3. The zero-order valence-corrected chi connectivity index (χ0v) is 21.3. The number of nitro benzene ring substituents is 1. The van der Waals surface area contributed by atoms with Gasteiger partial charge < -0.3 is 14.7 Å². The van der Waals surface area contributed by atoms with Crippen LogP contribution in [0.1, 0.15) is 82.2 Å². The first-order chi connectivity index (χ1) is 14.8. The van der Waals surface area contributed by atoms with Crippen LogP contribution in [0.15, 0.2) is 18.2 Å². The topological polar surface area (TPSA) is 75.8 Å². The summed E-state index contributed by atoms with van der Waals surface area (Å²) in [5.41, 5.74) is 3.71. The molecule has 0 amide bonds. The van der Waals surface area contributed by atoms with Crippen molar-refractivity contribution in [1.82, 2.24) is 0 Å². The van der Waals surface area contributed by atoms with Crippen LogP contribution in [0.4, 0.5) is 16.4 Å². The highest BCUT2D eigenvalue weighted by molar-refractivity contribution is 7.16. The molecule has 0 fully saturated rings. The van der Waals surface area contributed by atoms with E-state index in [1.807, 2.05) is 17.4 Å². The first-order valence-electron chi connectivity index (χ1n) is 11.2. The van der Waals surface area contributed by atoms with Gasteiger partial charge in [0.2, 0.25) is 0 Å². The number of rotatable bonds is 7. The van der Waals surface area contributed by atoms with Gasteiger partial charge in [0, 0.05) is 30.3 Å². The fourth-order valence-electron chi connectivity index (χ4n) is 4.78. The van der Waals surface area contributed by atoms with Gasteiger partial charge in [0.1, 0.15) is 0 Å². The van der Waals surface area contributed by atoms with E-state index >= 15 is 0 Å². The summed E-state index contributed by atoms with van der Waals surface area (Å²) in [5.74, 6) is 0.359. The van der Waals surface area contributed by atoms with E-state index in [1.165, 1.54) is 23.1 Å². The van der Waals surface area contributed by atoms with Crippen LogP contribution in [-0.4, -0.2) is 23.7 Å². The third-order valence-corrected chi connectivity index (χ3v) is 8.27. The molecular weight excluding hydrogens is 424 g/mol. The molecule has 7 heteroatoms. The molecule has 0 radical (unpaired) electrons. The predicted molar refractivity (Wildman–Crippen MR) is 131 cm³/mol. The zero-order valence-electron chi connectivity index (χ0n) is 20.5. The van der Waals surface area contributed by atoms with Crippen LogP contribution in [0, 0.1) is 23.0 Å². The van der Waals surface area contributed by atoms with Crippen molar-refractivity contribution in [2.45, 2.75) is 78.4 Å². The number of hydrogen-bond donors (Lipinski definition) is 1. The second-order valence-corrected chi connectivity index (χ2v) is 11.6. The van der Waals surface area contributed by atoms with Gasteiger partial charge >= 0.3 is 0 Å². The minimum Gasteiger partial charge on any atom is -0.364 e. The maximum absolute atomic E-state index is 11.8. The average Bonchev–Trinajstić information content (AvgIpc) is 3.08. The Labute approximate surface area is 195 Å². The normalized spacial score (nSPS) is 17.8. The molecule has 1 N–H and O–H groups in total. The molecule has 32 heavy (non-hydrogen) atoms. The molecule has 0 spiro atoms. The summed E-state index contributed by atoms with van der Waals surface area (Å²) in [7, 11) is 1.33. The lowest BCUT2D eigenvalue weighted by Crippen LogP contribution is -2.32. The Hall–Kier alpha value is -1.96. The predicted octanol–water partition coefficient (Wildman–Crippen LogP) is 6.75. The van der Waals surface area contributed by atoms with Gasteiger partial charge in [-0.15, -0.1) is 11.3 Å². The number of nitrogens with zero attached hydrogens (tertiary/aromatic N) is 2. The highest BCUT2D eigenvalue weighted by Crippen LogP contribution is 2.54. The molecule has 0 aliphatic heterocycles. The molecule has 1 unspecified atom stereocenters. The van der Waals surface area contributed by atoms with Crippen LogP contribution in [0.25, 0.3) is 0 Å². The van der Waals surface area contributed by atoms with E-state index in [4.69, 9.17) is 4.74 Å². The number of ether oxygens (including phenoxy) is 1. The van der Waals surface area contributed by atoms with E-state index in [0.717, 1.165) is 30.1 Å². The molecule has 176 valence electrons. The van der Waals surface area contributed by atoms with Gasteiger partial charge in [-0.3, -0.25) is 10.1 Å². The Kier molecular flexibility index (Phi) is 6.76. The van der Waals surface area contributed by atoms with Crippen LogP contribution in [0.2, 0.25) is 0 Å². The Morgan fingerprint density at radius 3 is 2.38 bits per heavy atom. The number of aliphatic hydroxyl groups excluding tert-OH is 1. The molecular formula is C25H36N2O4S. The summed E-state index contributed by atoms with van der Waals surface area (Å²) >= 11 is 1.83. The molecule has 1 aromatic heterocycles. The van der Waals surface area contributed by atoms with Gasteiger partial charge in [0.05, 0.1) is 15.5 Å². The third-order valence-electron chi connectivity index (χ3n) is 6.59. The van der Waals surface area contributed by atoms with Crippen LogP contribution >= 0.6 is 11.3 Å². The Morgan fingerprint density at radius 2 is 1.84 bits per heavy atom. The van der Waals surface area contributed by atoms with E-state index in [0.29, 0.717) is 5.92 Å². The van der Waals surface area contributed by atoms with E-state index < -0.39 is 11.2 Å². The minimum atomic E-state index is -1.33. The third kappa shape index (κ3) is 4.43. The van der Waals surface area contributed by atoms with Crippen molar-refractivity contribution in [1.29, 1.82) is 0 Å². The minimum absolute atomic E-state index is 0.103. The lowest BCUT2D eigenvalue weighted by Gasteiger charge is -2.39. The highest BCUT2D eigenvalue weighted by Gasteiger charge is 2.41. The summed E-state index contributed by atoms with van der Waals surface area (Å²) in [5, 5.41) is 23.0. The van der Waals surface area contributed by atoms with Crippen LogP contribution < -0.4 is 4.90 Å². The molecule has 1 atom stereocenters. The summed E-state index contributed by atoms with van der Waals surface area (Å²) in [6, 6.07) is 5.02. The molecule has 2 aromatic rings. The maximum atomic E-state index is 11.8. The van der Waals surface area contributed by atoms with Crippen molar-refractivity contribution in [3.8, 4) is 0 Å². The molecule has 0 saturated carbocycles. The smallest absolute Gasteiger partial charge is 0.279 e. The molecule has 1 aromatic carbocycles. The Bertz CT molecular complexity index is 1010. The monoisotopic (exact) mass is 460 g/mol. The number of thiophene rings is 1. The highest BCUT2D eigenvalue weighted by atomic mass is 32.1. The summed E-state index contributed by atoms with van der Waals surface area (Å²) in [4.78, 5) is 15.0. The van der Waals surface area contributed by atoms with Crippen molar-refractivity contribution >= 4 is 27.7 Å². The number of aliphatic hydroxyl groups is 1. The van der Waals surface area contributed by atoms with Gasteiger partial charge in [-0.25, -0.2) is 0 Å². The molecule has 1 aliphatic rings. The number of fused-ring (bicyclic) bond motifs is 1. The lowest BCUT2D eigenvalue weighted by atomic mass is 9.66. The Morgan fingerprint density at radius 1 is 1.22 bits per heavy atom. The van der Waals surface area contributed by atoms with E-state index in [-0.39, 0.29) is 22.1 Å². The van der Waals surface area contributed by atoms with Crippen molar-refractivity contribution < 1.29 is 14.8 Å². The van der Waals surface area contributed by atoms with E-state index in [2.05, 4.69) is 53.4 Å². The van der Waals surface area contributed by atoms with Crippen LogP contribution in [0.3, 0.4) is 0 Å². The molecule has 1 aliphatic carbocycles. The van der Waals surface area contributed by atoms with Gasteiger partial charge in [0.15, 0.2) is 6.29 Å². The molecule has 1 heterocycles. The summed E-state index contributed by atoms with van der Waals surface area (Å²) < 4.78 is 4.94. The first kappa shape index (κ1) is 24.7. The zero-order chi connectivity index (χ0) is 24.0. The fourth-order valence-corrected chi connectivity index (χ4v) is 6.43. The lowest BCUT2D eigenvalue weighted by molar-refractivity contribution is -0.386. The van der Waals surface area contributed by atoms with Crippen LogP contribution in [0.5, 0.6) is 0 Å². The number of methoxy groups -OCH3 is 1. The molecule has 0 bridgehead atoms. The summed E-state index contributed by atoms with van der Waals surface area (Å²) in [6.07, 6.45) is 0.954. The second kappa shape index (κ2) is 8.76. The number of anilines is 2. The van der Waals surface area contributed by atoms with E-state index in [9.17, 15) is 15.2 Å². The van der Waals surface area contributed by atoms with Gasteiger partial charge in [-0.2, -0.15) is 0 Å². The fraction of sp³-hybridized carbons (Fsp3) is 0.600.